The van der Waals surface area contributed by atoms with Gasteiger partial charge in [0.1, 0.15) is 11.3 Å². The van der Waals surface area contributed by atoms with Crippen molar-refractivity contribution < 1.29 is 15.0 Å². The quantitative estimate of drug-likeness (QED) is 0.844. The van der Waals surface area contributed by atoms with Crippen LogP contribution in [0.4, 0.5) is 0 Å². The molecule has 0 spiro atoms. The summed E-state index contributed by atoms with van der Waals surface area (Å²) >= 11 is 0. The Morgan fingerprint density at radius 1 is 1.00 bits per heavy atom. The Morgan fingerprint density at radius 2 is 1.58 bits per heavy atom. The van der Waals surface area contributed by atoms with Gasteiger partial charge in [-0.1, -0.05) is 19.3 Å². The minimum atomic E-state index is -1.01. The van der Waals surface area contributed by atoms with E-state index < -0.39 is 5.97 Å². The van der Waals surface area contributed by atoms with Crippen molar-refractivity contribution in [3.8, 4) is 5.75 Å². The van der Waals surface area contributed by atoms with Crippen LogP contribution in [-0.2, 0) is 0 Å². The number of aromatic carboxylic acids is 1. The van der Waals surface area contributed by atoms with E-state index in [4.69, 9.17) is 0 Å². The Bertz CT molecular complexity index is 511. The van der Waals surface area contributed by atoms with E-state index in [0.29, 0.717) is 5.56 Å². The first-order chi connectivity index (χ1) is 8.95. The van der Waals surface area contributed by atoms with Gasteiger partial charge in [0.05, 0.1) is 0 Å². The van der Waals surface area contributed by atoms with Crippen molar-refractivity contribution >= 4 is 5.97 Å². The van der Waals surface area contributed by atoms with Crippen molar-refractivity contribution in [1.82, 2.24) is 0 Å². The van der Waals surface area contributed by atoms with E-state index >= 15 is 0 Å². The third-order valence-corrected chi connectivity index (χ3v) is 4.62. The van der Waals surface area contributed by atoms with E-state index in [-0.39, 0.29) is 17.2 Å². The first-order valence-corrected chi connectivity index (χ1v) is 7.01. The van der Waals surface area contributed by atoms with Crippen molar-refractivity contribution in [2.75, 3.05) is 0 Å². The van der Waals surface area contributed by atoms with Crippen LogP contribution in [0.1, 0.15) is 70.6 Å². The molecule has 1 aliphatic carbocycles. The van der Waals surface area contributed by atoms with Crippen LogP contribution >= 0.6 is 0 Å². The Kier molecular flexibility index (Phi) is 3.83. The number of carboxylic acid groups (broad SMARTS) is 1. The monoisotopic (exact) mass is 262 g/mol. The van der Waals surface area contributed by atoms with Gasteiger partial charge in [-0.15, -0.1) is 0 Å². The van der Waals surface area contributed by atoms with E-state index in [9.17, 15) is 15.0 Å². The molecule has 0 saturated heterocycles. The molecule has 19 heavy (non-hydrogen) atoms. The second-order valence-corrected chi connectivity index (χ2v) is 5.65. The van der Waals surface area contributed by atoms with Crippen molar-refractivity contribution in [3.05, 3.63) is 27.8 Å². The van der Waals surface area contributed by atoms with E-state index in [2.05, 4.69) is 0 Å². The van der Waals surface area contributed by atoms with Crippen molar-refractivity contribution in [1.29, 1.82) is 0 Å². The molecule has 3 heteroatoms. The van der Waals surface area contributed by atoms with Gasteiger partial charge in [0.25, 0.3) is 0 Å². The highest BCUT2D eigenvalue weighted by molar-refractivity contribution is 5.94. The normalized spacial score (nSPS) is 16.6. The van der Waals surface area contributed by atoms with Gasteiger partial charge in [-0.05, 0) is 61.8 Å². The average molecular weight is 262 g/mol. The summed E-state index contributed by atoms with van der Waals surface area (Å²) in [5.74, 6) is -0.773. The molecule has 0 heterocycles. The maximum atomic E-state index is 11.5. The van der Waals surface area contributed by atoms with Crippen LogP contribution in [0.25, 0.3) is 0 Å². The number of hydrogen-bond acceptors (Lipinski definition) is 2. The van der Waals surface area contributed by atoms with Crippen LogP contribution in [-0.4, -0.2) is 16.2 Å². The van der Waals surface area contributed by atoms with Crippen LogP contribution in [0.3, 0.4) is 0 Å². The zero-order valence-corrected chi connectivity index (χ0v) is 11.9. The highest BCUT2D eigenvalue weighted by atomic mass is 16.4. The molecule has 0 aromatic heterocycles. The molecule has 1 saturated carbocycles. The summed E-state index contributed by atoms with van der Waals surface area (Å²) in [5.41, 5.74) is 3.75. The predicted octanol–water partition coefficient (Wildman–Crippen LogP) is 4.06. The van der Waals surface area contributed by atoms with Crippen LogP contribution < -0.4 is 0 Å². The molecule has 0 unspecified atom stereocenters. The third kappa shape index (κ3) is 2.34. The summed E-state index contributed by atoms with van der Waals surface area (Å²) in [5, 5.41) is 19.7. The lowest BCUT2D eigenvalue weighted by Crippen LogP contribution is -2.14. The summed E-state index contributed by atoms with van der Waals surface area (Å²) in [6, 6.07) is 0. The first-order valence-electron chi connectivity index (χ1n) is 7.01. The highest BCUT2D eigenvalue weighted by Crippen LogP contribution is 2.41. The Balaban J connectivity index is 2.66. The fraction of sp³-hybridized carbons (Fsp3) is 0.562. The summed E-state index contributed by atoms with van der Waals surface area (Å²) in [4.78, 5) is 11.5. The molecular formula is C16H22O3. The van der Waals surface area contributed by atoms with Gasteiger partial charge in [0.15, 0.2) is 0 Å². The smallest absolute Gasteiger partial charge is 0.339 e. The molecular weight excluding hydrogens is 240 g/mol. The molecule has 0 radical (unpaired) electrons. The number of hydrogen-bond donors (Lipinski definition) is 2. The molecule has 0 amide bonds. The molecule has 2 rings (SSSR count). The van der Waals surface area contributed by atoms with Gasteiger partial charge < -0.3 is 10.2 Å². The van der Waals surface area contributed by atoms with E-state index in [1.807, 2.05) is 13.8 Å². The molecule has 0 aliphatic heterocycles. The second kappa shape index (κ2) is 5.24. The maximum absolute atomic E-state index is 11.5. The summed E-state index contributed by atoms with van der Waals surface area (Å²) in [6.07, 6.45) is 5.59. The van der Waals surface area contributed by atoms with Gasteiger partial charge in [-0.3, -0.25) is 0 Å². The van der Waals surface area contributed by atoms with Crippen molar-refractivity contribution in [3.63, 3.8) is 0 Å². The van der Waals surface area contributed by atoms with Crippen molar-refractivity contribution in [2.24, 2.45) is 0 Å². The van der Waals surface area contributed by atoms with Crippen LogP contribution in [0.2, 0.25) is 0 Å². The van der Waals surface area contributed by atoms with Gasteiger partial charge in [-0.2, -0.15) is 0 Å². The molecule has 0 bridgehead atoms. The fourth-order valence-corrected chi connectivity index (χ4v) is 3.28. The standard InChI is InChI=1S/C16H22O3/c1-9-10(2)13(12-7-5-4-6-8-12)14(16(18)19)15(17)11(9)3/h12,17H,4-8H2,1-3H3,(H,18,19). The maximum Gasteiger partial charge on any atom is 0.339 e. The second-order valence-electron chi connectivity index (χ2n) is 5.65. The molecule has 2 N–H and O–H groups in total. The number of benzene rings is 1. The molecule has 1 fully saturated rings. The number of aromatic hydroxyl groups is 1. The Morgan fingerprint density at radius 3 is 2.11 bits per heavy atom. The number of phenols is 1. The lowest BCUT2D eigenvalue weighted by Gasteiger charge is -2.27. The fourth-order valence-electron chi connectivity index (χ4n) is 3.28. The lowest BCUT2D eigenvalue weighted by atomic mass is 9.78. The number of carbonyl (C=O) groups is 1. The van der Waals surface area contributed by atoms with Gasteiger partial charge in [0, 0.05) is 0 Å². The average Bonchev–Trinajstić information content (AvgIpc) is 2.40. The van der Waals surface area contributed by atoms with Crippen LogP contribution in [0.15, 0.2) is 0 Å². The highest BCUT2D eigenvalue weighted by Gasteiger charge is 2.28. The number of rotatable bonds is 2. The largest absolute Gasteiger partial charge is 0.507 e. The van der Waals surface area contributed by atoms with Crippen LogP contribution in [0.5, 0.6) is 5.75 Å². The first kappa shape index (κ1) is 13.9. The summed E-state index contributed by atoms with van der Waals surface area (Å²) in [6.45, 7) is 5.73. The van der Waals surface area contributed by atoms with E-state index in [0.717, 1.165) is 42.4 Å². The molecule has 0 atom stereocenters. The van der Waals surface area contributed by atoms with Gasteiger partial charge in [-0.25, -0.2) is 4.79 Å². The predicted molar refractivity (Wildman–Crippen MR) is 75.1 cm³/mol. The van der Waals surface area contributed by atoms with Gasteiger partial charge >= 0.3 is 5.97 Å². The topological polar surface area (TPSA) is 57.5 Å². The minimum Gasteiger partial charge on any atom is -0.507 e. The minimum absolute atomic E-state index is 0.0452. The van der Waals surface area contributed by atoms with E-state index in [1.54, 1.807) is 6.92 Å². The Hall–Kier alpha value is -1.51. The van der Waals surface area contributed by atoms with Gasteiger partial charge in [0.2, 0.25) is 0 Å². The van der Waals surface area contributed by atoms with Crippen molar-refractivity contribution in [2.45, 2.75) is 58.8 Å². The molecule has 3 nitrogen and oxygen atoms in total. The SMILES string of the molecule is Cc1c(C)c(O)c(C(=O)O)c(C2CCCCC2)c1C. The van der Waals surface area contributed by atoms with E-state index in [1.165, 1.54) is 6.42 Å². The third-order valence-electron chi connectivity index (χ3n) is 4.62. The molecule has 104 valence electrons. The number of carboxylic acids is 1. The molecule has 1 aliphatic rings. The zero-order chi connectivity index (χ0) is 14.2. The zero-order valence-electron chi connectivity index (χ0n) is 11.9. The molecule has 1 aromatic rings. The summed E-state index contributed by atoms with van der Waals surface area (Å²) in [7, 11) is 0. The Labute approximate surface area is 114 Å². The van der Waals surface area contributed by atoms with Crippen LogP contribution in [0, 0.1) is 20.8 Å². The summed E-state index contributed by atoms with van der Waals surface area (Å²) < 4.78 is 0. The molecule has 1 aromatic carbocycles. The lowest BCUT2D eigenvalue weighted by molar-refractivity contribution is 0.0691.